The first kappa shape index (κ1) is 21.1. The van der Waals surface area contributed by atoms with E-state index in [-0.39, 0.29) is 5.41 Å². The number of hydrogen-bond acceptors (Lipinski definition) is 3. The lowest BCUT2D eigenvalue weighted by molar-refractivity contribution is 0.347. The highest BCUT2D eigenvalue weighted by Crippen LogP contribution is 2.32. The molecule has 4 nitrogen and oxygen atoms in total. The van der Waals surface area contributed by atoms with E-state index in [1.54, 1.807) is 7.05 Å². The zero-order chi connectivity index (χ0) is 16.7. The Labute approximate surface area is 138 Å². The Bertz CT molecular complexity index is 312. The highest BCUT2D eigenvalue weighted by Gasteiger charge is 2.29. The lowest BCUT2D eigenvalue weighted by Gasteiger charge is -2.30. The maximum atomic E-state index is 4.46. The third-order valence-corrected chi connectivity index (χ3v) is 4.47. The number of amidine groups is 1. The summed E-state index contributed by atoms with van der Waals surface area (Å²) >= 11 is 0. The van der Waals surface area contributed by atoms with E-state index in [0.717, 1.165) is 5.84 Å². The quantitative estimate of drug-likeness (QED) is 0.148. The lowest BCUT2D eigenvalue weighted by Crippen LogP contribution is -2.36. The second-order valence-electron chi connectivity index (χ2n) is 6.52. The molecule has 0 bridgehead atoms. The van der Waals surface area contributed by atoms with Crippen molar-refractivity contribution in [3.63, 3.8) is 0 Å². The van der Waals surface area contributed by atoms with Crippen molar-refractivity contribution >= 4 is 5.84 Å². The molecule has 0 radical (unpaired) electrons. The number of nitrogens with one attached hydrogen (secondary N) is 1. The van der Waals surface area contributed by atoms with Gasteiger partial charge in [0.1, 0.15) is 5.84 Å². The molecule has 0 aromatic rings. The van der Waals surface area contributed by atoms with Gasteiger partial charge in [0.15, 0.2) is 0 Å². The number of aliphatic imine (C=N–C) groups is 1. The molecule has 0 aromatic carbocycles. The first-order valence-electron chi connectivity index (χ1n) is 9.16. The monoisotopic (exact) mass is 310 g/mol. The molecule has 22 heavy (non-hydrogen) atoms. The van der Waals surface area contributed by atoms with Gasteiger partial charge in [0, 0.05) is 12.5 Å². The van der Waals surface area contributed by atoms with Gasteiger partial charge in [-0.1, -0.05) is 83.8 Å². The summed E-state index contributed by atoms with van der Waals surface area (Å²) in [4.78, 5) is 4.46. The van der Waals surface area contributed by atoms with Crippen molar-refractivity contribution in [1.29, 1.82) is 0 Å². The number of rotatable bonds is 13. The molecule has 1 atom stereocenters. The van der Waals surface area contributed by atoms with Gasteiger partial charge in [-0.2, -0.15) is 5.11 Å². The molecule has 0 aliphatic rings. The summed E-state index contributed by atoms with van der Waals surface area (Å²) in [5.74, 6) is 0.991. The molecule has 0 aliphatic carbocycles. The first-order valence-corrected chi connectivity index (χ1v) is 9.16. The summed E-state index contributed by atoms with van der Waals surface area (Å²) < 4.78 is 0. The van der Waals surface area contributed by atoms with Crippen LogP contribution < -0.4 is 5.43 Å². The summed E-state index contributed by atoms with van der Waals surface area (Å²) in [6.07, 6.45) is 14.2. The average molecular weight is 311 g/mol. The molecule has 0 heterocycles. The van der Waals surface area contributed by atoms with E-state index in [1.807, 2.05) is 7.05 Å². The molecule has 1 unspecified atom stereocenters. The van der Waals surface area contributed by atoms with Crippen LogP contribution in [0.5, 0.6) is 0 Å². The highest BCUT2D eigenvalue weighted by molar-refractivity contribution is 5.87. The molecular weight excluding hydrogens is 272 g/mol. The molecule has 0 amide bonds. The average Bonchev–Trinajstić information content (AvgIpc) is 2.52. The SMILES string of the molecule is CCCCCCCC(C)(CCCCCC)/C(=N/C)N/N=N\C. The van der Waals surface area contributed by atoms with Crippen molar-refractivity contribution in [3.05, 3.63) is 0 Å². The number of hydrogen-bond donors (Lipinski definition) is 1. The van der Waals surface area contributed by atoms with Gasteiger partial charge in [0.25, 0.3) is 0 Å². The van der Waals surface area contributed by atoms with E-state index in [4.69, 9.17) is 0 Å². The molecule has 0 saturated heterocycles. The number of unbranched alkanes of at least 4 members (excludes halogenated alkanes) is 7. The molecule has 1 N–H and O–H groups in total. The minimum atomic E-state index is 0.100. The summed E-state index contributed by atoms with van der Waals surface area (Å²) in [6, 6.07) is 0. The van der Waals surface area contributed by atoms with Crippen LogP contribution in [-0.4, -0.2) is 19.9 Å². The molecule has 0 rings (SSSR count). The van der Waals surface area contributed by atoms with Crippen LogP contribution in [0.2, 0.25) is 0 Å². The Morgan fingerprint density at radius 2 is 1.32 bits per heavy atom. The largest absolute Gasteiger partial charge is 0.274 e. The maximum absolute atomic E-state index is 4.46. The van der Waals surface area contributed by atoms with E-state index >= 15 is 0 Å². The van der Waals surface area contributed by atoms with Gasteiger partial charge in [-0.15, -0.1) is 0 Å². The molecule has 0 spiro atoms. The van der Waals surface area contributed by atoms with Crippen LogP contribution in [0.3, 0.4) is 0 Å². The fourth-order valence-corrected chi connectivity index (χ4v) is 2.97. The Hall–Kier alpha value is -0.930. The maximum Gasteiger partial charge on any atom is 0.124 e. The van der Waals surface area contributed by atoms with Crippen LogP contribution in [0, 0.1) is 5.41 Å². The van der Waals surface area contributed by atoms with Crippen molar-refractivity contribution in [2.75, 3.05) is 14.1 Å². The van der Waals surface area contributed by atoms with Gasteiger partial charge in [-0.05, 0) is 12.8 Å². The molecule has 0 saturated carbocycles. The Kier molecular flexibility index (Phi) is 13.1. The first-order chi connectivity index (χ1) is 10.6. The van der Waals surface area contributed by atoms with Crippen molar-refractivity contribution < 1.29 is 0 Å². The molecule has 130 valence electrons. The van der Waals surface area contributed by atoms with Gasteiger partial charge in [-0.25, -0.2) is 5.43 Å². The van der Waals surface area contributed by atoms with Crippen LogP contribution in [0.25, 0.3) is 0 Å². The van der Waals surface area contributed by atoms with E-state index in [2.05, 4.69) is 41.5 Å². The van der Waals surface area contributed by atoms with Crippen LogP contribution in [-0.2, 0) is 0 Å². The normalized spacial score (nSPS) is 15.2. The van der Waals surface area contributed by atoms with Crippen LogP contribution >= 0.6 is 0 Å². The second kappa shape index (κ2) is 13.7. The topological polar surface area (TPSA) is 49.1 Å². The third kappa shape index (κ3) is 9.16. The Balaban J connectivity index is 4.57. The van der Waals surface area contributed by atoms with Crippen LogP contribution in [0.15, 0.2) is 15.3 Å². The Morgan fingerprint density at radius 3 is 1.77 bits per heavy atom. The van der Waals surface area contributed by atoms with Crippen LogP contribution in [0.1, 0.15) is 91.4 Å². The predicted octanol–water partition coefficient (Wildman–Crippen LogP) is 5.94. The van der Waals surface area contributed by atoms with Gasteiger partial charge in [0.2, 0.25) is 0 Å². The third-order valence-electron chi connectivity index (χ3n) is 4.47. The van der Waals surface area contributed by atoms with E-state index in [9.17, 15) is 0 Å². The van der Waals surface area contributed by atoms with Gasteiger partial charge < -0.3 is 0 Å². The molecule has 4 heteroatoms. The van der Waals surface area contributed by atoms with E-state index in [1.165, 1.54) is 70.6 Å². The van der Waals surface area contributed by atoms with Crippen molar-refractivity contribution in [2.24, 2.45) is 20.7 Å². The molecular formula is C18H38N4. The van der Waals surface area contributed by atoms with Crippen molar-refractivity contribution in [3.8, 4) is 0 Å². The lowest BCUT2D eigenvalue weighted by atomic mass is 9.78. The molecule has 0 aromatic heterocycles. The van der Waals surface area contributed by atoms with E-state index < -0.39 is 0 Å². The number of nitrogens with zero attached hydrogens (tertiary/aromatic N) is 3. The van der Waals surface area contributed by atoms with Crippen molar-refractivity contribution in [1.82, 2.24) is 5.43 Å². The zero-order valence-electron chi connectivity index (χ0n) is 15.6. The minimum absolute atomic E-state index is 0.100. The highest BCUT2D eigenvalue weighted by atomic mass is 15.4. The second-order valence-corrected chi connectivity index (χ2v) is 6.52. The van der Waals surface area contributed by atoms with E-state index in [0.29, 0.717) is 0 Å². The van der Waals surface area contributed by atoms with Crippen LogP contribution in [0.4, 0.5) is 0 Å². The molecule has 0 fully saturated rings. The van der Waals surface area contributed by atoms with Gasteiger partial charge in [0.05, 0.1) is 7.05 Å². The standard InChI is InChI=1S/C18H38N4/c1-6-8-10-12-14-16-18(3,15-13-11-9-7-2)17(19-4)21-22-20-5/h6-16H2,1-5H3,(H,19,20,21). The summed E-state index contributed by atoms with van der Waals surface area (Å²) in [6.45, 7) is 6.85. The summed E-state index contributed by atoms with van der Waals surface area (Å²) in [5.41, 5.74) is 3.16. The summed E-state index contributed by atoms with van der Waals surface area (Å²) in [5, 5.41) is 7.76. The fourth-order valence-electron chi connectivity index (χ4n) is 2.97. The molecule has 0 aliphatic heterocycles. The predicted molar refractivity (Wildman–Crippen MR) is 97.5 cm³/mol. The zero-order valence-corrected chi connectivity index (χ0v) is 15.6. The fraction of sp³-hybridized carbons (Fsp3) is 0.944. The Morgan fingerprint density at radius 1 is 0.818 bits per heavy atom. The summed E-state index contributed by atoms with van der Waals surface area (Å²) in [7, 11) is 3.54. The van der Waals surface area contributed by atoms with Gasteiger partial charge >= 0.3 is 0 Å². The minimum Gasteiger partial charge on any atom is -0.274 e. The smallest absolute Gasteiger partial charge is 0.124 e. The van der Waals surface area contributed by atoms with Crippen molar-refractivity contribution in [2.45, 2.75) is 91.4 Å². The van der Waals surface area contributed by atoms with Gasteiger partial charge in [-0.3, -0.25) is 4.99 Å².